The van der Waals surface area contributed by atoms with Gasteiger partial charge in [-0.1, -0.05) is 12.1 Å². The third-order valence-electron chi connectivity index (χ3n) is 3.74. The minimum Gasteiger partial charge on any atom is -0.467 e. The highest BCUT2D eigenvalue weighted by atomic mass is 32.1. The van der Waals surface area contributed by atoms with Crippen LogP contribution in [0.4, 0.5) is 0 Å². The topological polar surface area (TPSA) is 101 Å². The highest BCUT2D eigenvalue weighted by Gasteiger charge is 2.15. The number of aromatic nitrogens is 2. The lowest BCUT2D eigenvalue weighted by Gasteiger charge is -2.02. The molecule has 1 amide bonds. The Morgan fingerprint density at radius 2 is 2.25 bits per heavy atom. The number of carbonyl (C=O) groups excluding carboxylic acids is 1. The average molecular weight is 392 g/mol. The summed E-state index contributed by atoms with van der Waals surface area (Å²) in [6, 6.07) is 10.7. The molecule has 0 radical (unpaired) electrons. The van der Waals surface area contributed by atoms with Crippen molar-refractivity contribution in [3.8, 4) is 6.07 Å². The first kappa shape index (κ1) is 19.1. The van der Waals surface area contributed by atoms with Gasteiger partial charge in [0.2, 0.25) is 0 Å². The van der Waals surface area contributed by atoms with Gasteiger partial charge in [0.15, 0.2) is 5.57 Å². The fourth-order valence-corrected chi connectivity index (χ4v) is 3.55. The third-order valence-corrected chi connectivity index (χ3v) is 4.87. The molecule has 0 unspecified atom stereocenters. The van der Waals surface area contributed by atoms with E-state index in [4.69, 9.17) is 4.42 Å². The number of nitriles is 1. The molecular formula is C20H16N4O3S. The second kappa shape index (κ2) is 8.79. The Hall–Kier alpha value is -3.70. The first-order valence-electron chi connectivity index (χ1n) is 8.32. The summed E-state index contributed by atoms with van der Waals surface area (Å²) in [5.74, 6) is -0.0215. The summed E-state index contributed by atoms with van der Waals surface area (Å²) < 4.78 is 7.18. The predicted molar refractivity (Wildman–Crippen MR) is 105 cm³/mol. The van der Waals surface area contributed by atoms with Gasteiger partial charge >= 0.3 is 0 Å². The molecule has 0 aliphatic rings. The molecule has 1 N–H and O–H groups in total. The number of thiazole rings is 1. The van der Waals surface area contributed by atoms with Crippen LogP contribution in [0.3, 0.4) is 0 Å². The molecule has 3 rings (SSSR count). The van der Waals surface area contributed by atoms with Crippen LogP contribution in [-0.2, 0) is 17.9 Å². The molecule has 3 aromatic rings. The zero-order valence-electron chi connectivity index (χ0n) is 14.8. The van der Waals surface area contributed by atoms with Crippen molar-refractivity contribution in [3.05, 3.63) is 86.4 Å². The lowest BCUT2D eigenvalue weighted by atomic mass is 10.3. The Morgan fingerprint density at radius 1 is 1.39 bits per heavy atom. The maximum absolute atomic E-state index is 12.8. The van der Waals surface area contributed by atoms with E-state index < -0.39 is 5.91 Å². The summed E-state index contributed by atoms with van der Waals surface area (Å²) in [5.41, 5.74) is 0.159. The van der Waals surface area contributed by atoms with Crippen molar-refractivity contribution in [1.82, 2.24) is 14.9 Å². The number of carbonyl (C=O) groups is 1. The molecule has 0 aliphatic heterocycles. The quantitative estimate of drug-likeness (QED) is 0.628. The molecular weight excluding hydrogens is 376 g/mol. The number of furan rings is 1. The molecule has 3 aromatic heterocycles. The van der Waals surface area contributed by atoms with Crippen molar-refractivity contribution in [3.63, 3.8) is 0 Å². The van der Waals surface area contributed by atoms with Gasteiger partial charge in [-0.3, -0.25) is 19.1 Å². The van der Waals surface area contributed by atoms with Crippen molar-refractivity contribution in [2.24, 2.45) is 0 Å². The highest BCUT2D eigenvalue weighted by molar-refractivity contribution is 7.07. The van der Waals surface area contributed by atoms with Crippen LogP contribution in [-0.4, -0.2) is 15.5 Å². The van der Waals surface area contributed by atoms with E-state index in [1.165, 1.54) is 16.9 Å². The summed E-state index contributed by atoms with van der Waals surface area (Å²) in [6.45, 7) is 3.97. The number of hydrogen-bond acceptors (Lipinski definition) is 6. The minimum absolute atomic E-state index is 0.140. The molecule has 0 fully saturated rings. The van der Waals surface area contributed by atoms with Crippen molar-refractivity contribution in [2.45, 2.75) is 13.1 Å². The van der Waals surface area contributed by atoms with Gasteiger partial charge in [-0.2, -0.15) is 5.26 Å². The number of pyridine rings is 1. The maximum atomic E-state index is 12.8. The Kier molecular flexibility index (Phi) is 5.99. The molecule has 0 atom stereocenters. The van der Waals surface area contributed by atoms with Gasteiger partial charge in [0.1, 0.15) is 16.5 Å². The number of amides is 1. The molecule has 0 aliphatic carbocycles. The molecule has 0 aromatic carbocycles. The monoisotopic (exact) mass is 392 g/mol. The van der Waals surface area contributed by atoms with Crippen LogP contribution in [0.2, 0.25) is 0 Å². The van der Waals surface area contributed by atoms with E-state index in [1.807, 2.05) is 12.1 Å². The van der Waals surface area contributed by atoms with E-state index >= 15 is 0 Å². The summed E-state index contributed by atoms with van der Waals surface area (Å²) in [4.78, 5) is 29.5. The number of hydrogen-bond donors (Lipinski definition) is 1. The van der Waals surface area contributed by atoms with Gasteiger partial charge in [-0.25, -0.2) is 0 Å². The van der Waals surface area contributed by atoms with E-state index in [-0.39, 0.29) is 28.9 Å². The first-order valence-corrected chi connectivity index (χ1v) is 9.14. The predicted octanol–water partition coefficient (Wildman–Crippen LogP) is 0.903. The van der Waals surface area contributed by atoms with Crippen molar-refractivity contribution in [1.29, 1.82) is 5.26 Å². The molecule has 28 heavy (non-hydrogen) atoms. The first-order chi connectivity index (χ1) is 13.6. The van der Waals surface area contributed by atoms with Crippen molar-refractivity contribution < 1.29 is 9.21 Å². The lowest BCUT2D eigenvalue weighted by molar-refractivity contribution is -0.115. The number of nitrogens with zero attached hydrogens (tertiary/aromatic N) is 3. The number of allylic oxidation sites excluding steroid dienone is 1. The second-order valence-electron chi connectivity index (χ2n) is 5.62. The molecule has 7 nitrogen and oxygen atoms in total. The SMILES string of the molecule is C=CCn1c(=O)/c(=C\c2ccccn2)s/c1=C(\C#N)C(=O)NCc1ccco1. The molecule has 8 heteroatoms. The van der Waals surface area contributed by atoms with Gasteiger partial charge in [0, 0.05) is 12.7 Å². The fraction of sp³-hybridized carbons (Fsp3) is 0.100. The molecule has 140 valence electrons. The highest BCUT2D eigenvalue weighted by Crippen LogP contribution is 2.01. The van der Waals surface area contributed by atoms with Crippen LogP contribution in [0.15, 0.2) is 64.7 Å². The van der Waals surface area contributed by atoms with Gasteiger partial charge in [0.05, 0.1) is 23.0 Å². The zero-order valence-corrected chi connectivity index (χ0v) is 15.6. The molecule has 3 heterocycles. The molecule has 0 spiro atoms. The Balaban J connectivity index is 2.09. The summed E-state index contributed by atoms with van der Waals surface area (Å²) in [7, 11) is 0. The fourth-order valence-electron chi connectivity index (χ4n) is 2.46. The van der Waals surface area contributed by atoms with E-state index in [0.717, 1.165) is 11.3 Å². The maximum Gasteiger partial charge on any atom is 0.269 e. The van der Waals surface area contributed by atoms with Gasteiger partial charge in [0.25, 0.3) is 11.5 Å². The molecule has 0 bridgehead atoms. The van der Waals surface area contributed by atoms with Crippen LogP contribution in [0, 0.1) is 11.3 Å². The number of rotatable bonds is 6. The van der Waals surface area contributed by atoms with E-state index in [2.05, 4.69) is 16.9 Å². The van der Waals surface area contributed by atoms with Gasteiger partial charge in [-0.05, 0) is 30.3 Å². The summed E-state index contributed by atoms with van der Waals surface area (Å²) in [6.07, 6.45) is 6.29. The second-order valence-corrected chi connectivity index (χ2v) is 6.65. The van der Waals surface area contributed by atoms with Crippen LogP contribution in [0.1, 0.15) is 11.5 Å². The van der Waals surface area contributed by atoms with Crippen LogP contribution >= 0.6 is 11.3 Å². The van der Waals surface area contributed by atoms with E-state index in [1.54, 1.807) is 36.5 Å². The minimum atomic E-state index is -0.581. The van der Waals surface area contributed by atoms with Gasteiger partial charge in [-0.15, -0.1) is 17.9 Å². The van der Waals surface area contributed by atoms with E-state index in [9.17, 15) is 14.9 Å². The average Bonchev–Trinajstić information content (AvgIpc) is 3.32. The van der Waals surface area contributed by atoms with Gasteiger partial charge < -0.3 is 9.73 Å². The normalized spacial score (nSPS) is 12.3. The zero-order chi connectivity index (χ0) is 19.9. The third kappa shape index (κ3) is 4.16. The molecule has 0 saturated heterocycles. The standard InChI is InChI=1S/C20H16N4O3S/c1-2-9-24-19(26)17(11-14-6-3-4-8-22-14)28-20(24)16(12-21)18(25)23-13-15-7-5-10-27-15/h2-8,10-11H,1,9,13H2,(H,23,25)/b17-11+,20-16+. The Labute approximate surface area is 164 Å². The largest absolute Gasteiger partial charge is 0.467 e. The lowest BCUT2D eigenvalue weighted by Crippen LogP contribution is -2.34. The van der Waals surface area contributed by atoms with Crippen molar-refractivity contribution >= 4 is 28.9 Å². The van der Waals surface area contributed by atoms with Crippen LogP contribution in [0.5, 0.6) is 0 Å². The van der Waals surface area contributed by atoms with E-state index in [0.29, 0.717) is 16.0 Å². The van der Waals surface area contributed by atoms with Crippen LogP contribution < -0.4 is 20.1 Å². The molecule has 0 saturated carbocycles. The number of nitrogens with one attached hydrogen (secondary N) is 1. The summed E-state index contributed by atoms with van der Waals surface area (Å²) in [5, 5.41) is 12.2. The van der Waals surface area contributed by atoms with Crippen LogP contribution in [0.25, 0.3) is 11.6 Å². The Bertz CT molecular complexity index is 1200. The summed E-state index contributed by atoms with van der Waals surface area (Å²) >= 11 is 1.07. The van der Waals surface area contributed by atoms with Crippen molar-refractivity contribution in [2.75, 3.05) is 0 Å². The smallest absolute Gasteiger partial charge is 0.269 e. The Morgan fingerprint density at radius 3 is 2.89 bits per heavy atom.